The Kier molecular flexibility index (Phi) is 6.10. The molecule has 0 saturated heterocycles. The molecule has 1 aliphatic rings. The molecular weight excluding hydrogens is 389 g/mol. The summed E-state index contributed by atoms with van der Waals surface area (Å²) in [4.78, 5) is 28.0. The van der Waals surface area contributed by atoms with Crippen molar-refractivity contribution in [2.45, 2.75) is 12.5 Å². The van der Waals surface area contributed by atoms with E-state index in [1.165, 1.54) is 25.4 Å². The molecule has 3 rings (SSSR count). The predicted molar refractivity (Wildman–Crippen MR) is 99.8 cm³/mol. The van der Waals surface area contributed by atoms with Crippen LogP contribution in [0.15, 0.2) is 48.3 Å². The zero-order valence-corrected chi connectivity index (χ0v) is 15.6. The van der Waals surface area contributed by atoms with Crippen molar-refractivity contribution >= 4 is 23.4 Å². The monoisotopic (exact) mass is 405 g/mol. The summed E-state index contributed by atoms with van der Waals surface area (Å²) in [5.41, 5.74) is 0.944. The van der Waals surface area contributed by atoms with Gasteiger partial charge in [-0.25, -0.2) is 9.37 Å². The van der Waals surface area contributed by atoms with E-state index in [1.54, 1.807) is 18.2 Å². The zero-order valence-electron chi connectivity index (χ0n) is 14.9. The van der Waals surface area contributed by atoms with E-state index in [0.29, 0.717) is 17.9 Å². The molecule has 0 spiro atoms. The van der Waals surface area contributed by atoms with Crippen molar-refractivity contribution in [1.82, 2.24) is 15.6 Å². The van der Waals surface area contributed by atoms with Gasteiger partial charge in [0.05, 0.1) is 24.4 Å². The zero-order chi connectivity index (χ0) is 20.1. The molecule has 2 aromatic rings. The van der Waals surface area contributed by atoms with Gasteiger partial charge in [-0.1, -0.05) is 11.6 Å². The van der Waals surface area contributed by atoms with E-state index in [0.717, 1.165) is 6.07 Å². The minimum absolute atomic E-state index is 0.0191. The minimum Gasteiger partial charge on any atom is -0.495 e. The summed E-state index contributed by atoms with van der Waals surface area (Å²) in [6.07, 6.45) is 3.66. The van der Waals surface area contributed by atoms with Gasteiger partial charge in [0, 0.05) is 18.2 Å². The Morgan fingerprint density at radius 2 is 2.04 bits per heavy atom. The van der Waals surface area contributed by atoms with Crippen molar-refractivity contribution in [2.75, 3.05) is 13.7 Å². The lowest BCUT2D eigenvalue weighted by molar-refractivity contribution is -0.122. The third-order valence-corrected chi connectivity index (χ3v) is 4.23. The number of halogens is 2. The molecule has 0 radical (unpaired) electrons. The van der Waals surface area contributed by atoms with Gasteiger partial charge >= 0.3 is 0 Å². The highest BCUT2D eigenvalue weighted by Gasteiger charge is 2.23. The summed E-state index contributed by atoms with van der Waals surface area (Å²) in [6, 6.07) is 6.95. The van der Waals surface area contributed by atoms with Crippen LogP contribution in [-0.4, -0.2) is 36.6 Å². The van der Waals surface area contributed by atoms with Gasteiger partial charge in [0.15, 0.2) is 6.61 Å². The molecule has 2 amide bonds. The Hall–Kier alpha value is -3.13. The summed E-state index contributed by atoms with van der Waals surface area (Å²) in [7, 11) is 1.52. The molecule has 146 valence electrons. The number of methoxy groups -OCH3 is 1. The maximum Gasteiger partial charge on any atom is 0.270 e. The molecule has 28 heavy (non-hydrogen) atoms. The number of aromatic nitrogens is 1. The normalized spacial score (nSPS) is 15.1. The average molecular weight is 406 g/mol. The Labute approximate surface area is 165 Å². The van der Waals surface area contributed by atoms with E-state index in [1.807, 2.05) is 0 Å². The number of nitrogens with zero attached hydrogens (tertiary/aromatic N) is 1. The summed E-state index contributed by atoms with van der Waals surface area (Å²) in [5, 5.41) is 5.43. The number of carbonyl (C=O) groups is 2. The summed E-state index contributed by atoms with van der Waals surface area (Å²) in [5.74, 6) is -0.554. The van der Waals surface area contributed by atoms with Crippen LogP contribution in [-0.2, 0) is 4.79 Å². The Bertz CT molecular complexity index is 918. The number of benzene rings is 1. The molecule has 7 nitrogen and oxygen atoms in total. The van der Waals surface area contributed by atoms with E-state index in [2.05, 4.69) is 15.6 Å². The number of hydrogen-bond donors (Lipinski definition) is 2. The molecule has 1 atom stereocenters. The minimum atomic E-state index is -0.619. The highest BCUT2D eigenvalue weighted by atomic mass is 35.5. The second-order valence-electron chi connectivity index (χ2n) is 5.97. The third-order valence-electron chi connectivity index (χ3n) is 3.92. The highest BCUT2D eigenvalue weighted by molar-refractivity contribution is 6.30. The lowest BCUT2D eigenvalue weighted by atomic mass is 9.99. The van der Waals surface area contributed by atoms with Crippen molar-refractivity contribution in [3.05, 3.63) is 64.8 Å². The lowest BCUT2D eigenvalue weighted by Gasteiger charge is -2.26. The van der Waals surface area contributed by atoms with Crippen LogP contribution < -0.4 is 20.1 Å². The fourth-order valence-electron chi connectivity index (χ4n) is 2.44. The lowest BCUT2D eigenvalue weighted by Crippen LogP contribution is -2.43. The van der Waals surface area contributed by atoms with Crippen LogP contribution in [0.1, 0.15) is 16.9 Å². The number of rotatable bonds is 7. The maximum atomic E-state index is 13.3. The summed E-state index contributed by atoms with van der Waals surface area (Å²) >= 11 is 5.58. The van der Waals surface area contributed by atoms with Crippen molar-refractivity contribution < 1.29 is 23.5 Å². The van der Waals surface area contributed by atoms with Crippen molar-refractivity contribution in [1.29, 1.82) is 0 Å². The molecule has 0 aliphatic heterocycles. The quantitative estimate of drug-likeness (QED) is 0.738. The van der Waals surface area contributed by atoms with E-state index >= 15 is 0 Å². The van der Waals surface area contributed by atoms with E-state index < -0.39 is 5.82 Å². The number of ether oxygens (including phenoxy) is 2. The first-order valence-corrected chi connectivity index (χ1v) is 8.71. The first-order chi connectivity index (χ1) is 13.4. The van der Waals surface area contributed by atoms with Crippen molar-refractivity contribution in [2.24, 2.45) is 0 Å². The molecule has 1 aromatic heterocycles. The van der Waals surface area contributed by atoms with Gasteiger partial charge in [0.2, 0.25) is 0 Å². The Morgan fingerprint density at radius 3 is 2.68 bits per heavy atom. The number of nitrogens with one attached hydrogen (secondary N) is 2. The van der Waals surface area contributed by atoms with Crippen LogP contribution in [0.4, 0.5) is 4.39 Å². The number of carbonyl (C=O) groups excluding carboxylic acids is 2. The standard InChI is InChI=1S/C19H17ClFN3O4/c1-27-14-3-5-17(22-9-14)19(26)24-12-6-11(7-12)23-18(25)10-28-13-2-4-15(20)16(21)8-13/h2-6,8-9,12H,7,10H2,1H3,(H,23,25)(H,24,26). The van der Waals surface area contributed by atoms with E-state index in [-0.39, 0.29) is 40.9 Å². The first-order valence-electron chi connectivity index (χ1n) is 8.34. The van der Waals surface area contributed by atoms with Crippen LogP contribution in [0, 0.1) is 5.82 Å². The van der Waals surface area contributed by atoms with E-state index in [4.69, 9.17) is 21.1 Å². The van der Waals surface area contributed by atoms with Gasteiger partial charge in [-0.15, -0.1) is 0 Å². The topological polar surface area (TPSA) is 89.6 Å². The van der Waals surface area contributed by atoms with Gasteiger partial charge in [-0.3, -0.25) is 9.59 Å². The fraction of sp³-hybridized carbons (Fsp3) is 0.211. The molecule has 1 unspecified atom stereocenters. The van der Waals surface area contributed by atoms with Gasteiger partial charge < -0.3 is 20.1 Å². The Morgan fingerprint density at radius 1 is 1.29 bits per heavy atom. The SMILES string of the molecule is COc1ccc(C(=O)NC2C=C(NC(=O)COc3ccc(Cl)c(F)c3)C2)nc1. The van der Waals surface area contributed by atoms with Gasteiger partial charge in [0.25, 0.3) is 11.8 Å². The second-order valence-corrected chi connectivity index (χ2v) is 6.38. The molecule has 1 aromatic carbocycles. The highest BCUT2D eigenvalue weighted by Crippen LogP contribution is 2.21. The van der Waals surface area contributed by atoms with Crippen molar-refractivity contribution in [3.63, 3.8) is 0 Å². The maximum absolute atomic E-state index is 13.3. The van der Waals surface area contributed by atoms with Crippen LogP contribution >= 0.6 is 11.6 Å². The van der Waals surface area contributed by atoms with Gasteiger partial charge in [-0.2, -0.15) is 0 Å². The van der Waals surface area contributed by atoms with Crippen molar-refractivity contribution in [3.8, 4) is 11.5 Å². The van der Waals surface area contributed by atoms with Gasteiger partial charge in [0.1, 0.15) is 23.0 Å². The summed E-state index contributed by atoms with van der Waals surface area (Å²) in [6.45, 7) is -0.273. The molecule has 9 heteroatoms. The molecule has 0 bridgehead atoms. The Balaban J connectivity index is 1.42. The van der Waals surface area contributed by atoms with Crippen LogP contribution in [0.25, 0.3) is 0 Å². The molecule has 0 saturated carbocycles. The van der Waals surface area contributed by atoms with Crippen LogP contribution in [0.2, 0.25) is 5.02 Å². The van der Waals surface area contributed by atoms with Crippen LogP contribution in [0.3, 0.4) is 0 Å². The number of pyridine rings is 1. The van der Waals surface area contributed by atoms with Gasteiger partial charge in [-0.05, 0) is 30.3 Å². The molecule has 1 heterocycles. The third kappa shape index (κ3) is 4.98. The molecule has 1 aliphatic carbocycles. The molecule has 0 fully saturated rings. The number of amides is 2. The number of hydrogen-bond acceptors (Lipinski definition) is 5. The summed E-state index contributed by atoms with van der Waals surface area (Å²) < 4.78 is 23.5. The second kappa shape index (κ2) is 8.71. The smallest absolute Gasteiger partial charge is 0.270 e. The largest absolute Gasteiger partial charge is 0.495 e. The molecule has 2 N–H and O–H groups in total. The molecular formula is C19H17ClFN3O4. The van der Waals surface area contributed by atoms with Crippen LogP contribution in [0.5, 0.6) is 11.5 Å². The van der Waals surface area contributed by atoms with E-state index in [9.17, 15) is 14.0 Å². The fourth-order valence-corrected chi connectivity index (χ4v) is 2.56. The average Bonchev–Trinajstić information content (AvgIpc) is 2.67. The predicted octanol–water partition coefficient (Wildman–Crippen LogP) is 2.46. The first kappa shape index (κ1) is 19.6.